The van der Waals surface area contributed by atoms with Crippen LogP contribution in [0.4, 0.5) is 4.79 Å². The van der Waals surface area contributed by atoms with E-state index in [-0.39, 0.29) is 12.5 Å². The fourth-order valence-corrected chi connectivity index (χ4v) is 3.65. The predicted molar refractivity (Wildman–Crippen MR) is 116 cm³/mol. The zero-order valence-corrected chi connectivity index (χ0v) is 18.0. The summed E-state index contributed by atoms with van der Waals surface area (Å²) in [6, 6.07) is 14.5. The first-order valence-corrected chi connectivity index (χ1v) is 10.5. The molecular formula is C23H26ClN3O3. The van der Waals surface area contributed by atoms with Crippen LogP contribution in [0.25, 0.3) is 0 Å². The van der Waals surface area contributed by atoms with Gasteiger partial charge in [0.1, 0.15) is 12.1 Å². The molecule has 4 amide bonds. The van der Waals surface area contributed by atoms with Gasteiger partial charge in [0, 0.05) is 11.6 Å². The van der Waals surface area contributed by atoms with Gasteiger partial charge >= 0.3 is 6.03 Å². The quantitative estimate of drug-likeness (QED) is 0.633. The molecule has 1 fully saturated rings. The Kier molecular flexibility index (Phi) is 6.77. The molecule has 2 aromatic rings. The fraction of sp³-hybridized carbons (Fsp3) is 0.348. The van der Waals surface area contributed by atoms with Gasteiger partial charge < -0.3 is 10.6 Å². The summed E-state index contributed by atoms with van der Waals surface area (Å²) in [7, 11) is 0. The molecule has 158 valence electrons. The van der Waals surface area contributed by atoms with Crippen LogP contribution >= 0.6 is 11.6 Å². The van der Waals surface area contributed by atoms with E-state index < -0.39 is 17.5 Å². The molecule has 0 spiro atoms. The third kappa shape index (κ3) is 4.82. The largest absolute Gasteiger partial charge is 0.354 e. The molecule has 1 atom stereocenters. The molecule has 1 saturated heterocycles. The Hall–Kier alpha value is -2.86. The number of carbonyl (C=O) groups excluding carboxylic acids is 3. The molecule has 30 heavy (non-hydrogen) atoms. The van der Waals surface area contributed by atoms with Crippen LogP contribution in [0.3, 0.4) is 0 Å². The summed E-state index contributed by atoms with van der Waals surface area (Å²) in [5, 5.41) is 6.15. The standard InChI is InChI=1S/C23H26ClN3O3/c1-3-4-16-5-9-18(10-6-16)23(2)21(29)27(22(30)26-23)15-20(28)25-14-13-17-7-11-19(24)12-8-17/h5-12H,3-4,13-15H2,1-2H3,(H,25,28)(H,26,30). The number of benzene rings is 2. The third-order valence-corrected chi connectivity index (χ3v) is 5.55. The van der Waals surface area contributed by atoms with Crippen molar-refractivity contribution in [3.8, 4) is 0 Å². The number of amides is 4. The highest BCUT2D eigenvalue weighted by molar-refractivity contribution is 6.30. The molecule has 0 saturated carbocycles. The molecule has 1 aliphatic rings. The molecule has 1 unspecified atom stereocenters. The van der Waals surface area contributed by atoms with Crippen LogP contribution in [0.5, 0.6) is 0 Å². The highest BCUT2D eigenvalue weighted by Crippen LogP contribution is 2.29. The van der Waals surface area contributed by atoms with Crippen LogP contribution in [0.2, 0.25) is 5.02 Å². The van der Waals surface area contributed by atoms with Crippen molar-refractivity contribution >= 4 is 29.4 Å². The van der Waals surface area contributed by atoms with E-state index in [0.717, 1.165) is 23.3 Å². The smallest absolute Gasteiger partial charge is 0.325 e. The van der Waals surface area contributed by atoms with Gasteiger partial charge in [-0.05, 0) is 48.6 Å². The first kappa shape index (κ1) is 21.8. The SMILES string of the molecule is CCCc1ccc(C2(C)NC(=O)N(CC(=O)NCCc3ccc(Cl)cc3)C2=O)cc1. The number of nitrogens with zero attached hydrogens (tertiary/aromatic N) is 1. The Labute approximate surface area is 181 Å². The molecule has 0 aromatic heterocycles. The van der Waals surface area contributed by atoms with E-state index in [0.29, 0.717) is 23.6 Å². The van der Waals surface area contributed by atoms with Gasteiger partial charge in [0.05, 0.1) is 0 Å². The third-order valence-electron chi connectivity index (χ3n) is 5.30. The second-order valence-corrected chi connectivity index (χ2v) is 8.06. The highest BCUT2D eigenvalue weighted by Gasteiger charge is 2.49. The van der Waals surface area contributed by atoms with E-state index in [1.807, 2.05) is 36.4 Å². The van der Waals surface area contributed by atoms with E-state index in [1.165, 1.54) is 5.56 Å². The Bertz CT molecular complexity index is 928. The number of aryl methyl sites for hydroxylation is 1. The van der Waals surface area contributed by atoms with Crippen LogP contribution < -0.4 is 10.6 Å². The van der Waals surface area contributed by atoms with Gasteiger partial charge in [-0.2, -0.15) is 0 Å². The first-order chi connectivity index (χ1) is 14.3. The summed E-state index contributed by atoms with van der Waals surface area (Å²) in [6.07, 6.45) is 2.62. The minimum atomic E-state index is -1.18. The lowest BCUT2D eigenvalue weighted by atomic mass is 9.91. The summed E-state index contributed by atoms with van der Waals surface area (Å²) in [5.74, 6) is -0.807. The summed E-state index contributed by atoms with van der Waals surface area (Å²) in [5.41, 5.74) is 1.74. The Morgan fingerprint density at radius 3 is 2.27 bits per heavy atom. The van der Waals surface area contributed by atoms with Gasteiger partial charge in [-0.3, -0.25) is 14.5 Å². The van der Waals surface area contributed by atoms with Crippen LogP contribution in [-0.4, -0.2) is 35.8 Å². The highest BCUT2D eigenvalue weighted by atomic mass is 35.5. The number of hydrogen-bond acceptors (Lipinski definition) is 3. The second kappa shape index (κ2) is 9.30. The van der Waals surface area contributed by atoms with Crippen molar-refractivity contribution in [2.24, 2.45) is 0 Å². The normalized spacial score (nSPS) is 18.4. The second-order valence-electron chi connectivity index (χ2n) is 7.62. The summed E-state index contributed by atoms with van der Waals surface area (Å²) in [4.78, 5) is 38.6. The Balaban J connectivity index is 1.58. The number of carbonyl (C=O) groups is 3. The number of halogens is 1. The maximum absolute atomic E-state index is 13.0. The molecule has 2 N–H and O–H groups in total. The lowest BCUT2D eigenvalue weighted by Gasteiger charge is -2.22. The number of nitrogens with one attached hydrogen (secondary N) is 2. The minimum absolute atomic E-state index is 0.311. The van der Waals surface area contributed by atoms with E-state index in [1.54, 1.807) is 19.1 Å². The van der Waals surface area contributed by atoms with Crippen LogP contribution in [-0.2, 0) is 28.0 Å². The number of urea groups is 1. The fourth-order valence-electron chi connectivity index (χ4n) is 3.53. The maximum Gasteiger partial charge on any atom is 0.325 e. The van der Waals surface area contributed by atoms with Crippen molar-refractivity contribution in [2.75, 3.05) is 13.1 Å². The van der Waals surface area contributed by atoms with Gasteiger partial charge in [-0.25, -0.2) is 4.79 Å². The number of hydrogen-bond donors (Lipinski definition) is 2. The van der Waals surface area contributed by atoms with Crippen molar-refractivity contribution in [2.45, 2.75) is 38.6 Å². The van der Waals surface area contributed by atoms with Crippen molar-refractivity contribution < 1.29 is 14.4 Å². The van der Waals surface area contributed by atoms with Gasteiger partial charge in [0.15, 0.2) is 0 Å². The predicted octanol–water partition coefficient (Wildman–Crippen LogP) is 3.42. The molecule has 0 aliphatic carbocycles. The zero-order chi connectivity index (χ0) is 21.7. The average molecular weight is 428 g/mol. The minimum Gasteiger partial charge on any atom is -0.354 e. The van der Waals surface area contributed by atoms with E-state index >= 15 is 0 Å². The van der Waals surface area contributed by atoms with Gasteiger partial charge in [0.2, 0.25) is 5.91 Å². The lowest BCUT2D eigenvalue weighted by Crippen LogP contribution is -2.43. The lowest BCUT2D eigenvalue weighted by molar-refractivity contribution is -0.134. The monoisotopic (exact) mass is 427 g/mol. The van der Waals surface area contributed by atoms with Crippen molar-refractivity contribution in [3.63, 3.8) is 0 Å². The van der Waals surface area contributed by atoms with Crippen LogP contribution in [0.15, 0.2) is 48.5 Å². The van der Waals surface area contributed by atoms with Gasteiger partial charge in [-0.1, -0.05) is 61.3 Å². The van der Waals surface area contributed by atoms with E-state index in [4.69, 9.17) is 11.6 Å². The molecular weight excluding hydrogens is 402 g/mol. The molecule has 3 rings (SSSR count). The maximum atomic E-state index is 13.0. The van der Waals surface area contributed by atoms with Gasteiger partial charge in [-0.15, -0.1) is 0 Å². The molecule has 6 nitrogen and oxygen atoms in total. The zero-order valence-electron chi connectivity index (χ0n) is 17.2. The first-order valence-electron chi connectivity index (χ1n) is 10.1. The van der Waals surface area contributed by atoms with E-state index in [2.05, 4.69) is 17.6 Å². The molecule has 0 radical (unpaired) electrons. The number of rotatable bonds is 8. The van der Waals surface area contributed by atoms with Crippen molar-refractivity contribution in [3.05, 3.63) is 70.2 Å². The van der Waals surface area contributed by atoms with Crippen molar-refractivity contribution in [1.29, 1.82) is 0 Å². The van der Waals surface area contributed by atoms with Crippen LogP contribution in [0.1, 0.15) is 37.0 Å². The molecule has 1 aliphatic heterocycles. The van der Waals surface area contributed by atoms with Crippen LogP contribution in [0, 0.1) is 0 Å². The Morgan fingerprint density at radius 2 is 1.63 bits per heavy atom. The summed E-state index contributed by atoms with van der Waals surface area (Å²) >= 11 is 5.86. The van der Waals surface area contributed by atoms with Crippen molar-refractivity contribution in [1.82, 2.24) is 15.5 Å². The van der Waals surface area contributed by atoms with Gasteiger partial charge in [0.25, 0.3) is 5.91 Å². The Morgan fingerprint density at radius 1 is 1.03 bits per heavy atom. The molecule has 2 aromatic carbocycles. The summed E-state index contributed by atoms with van der Waals surface area (Å²) in [6.45, 7) is 3.86. The topological polar surface area (TPSA) is 78.5 Å². The summed E-state index contributed by atoms with van der Waals surface area (Å²) < 4.78 is 0. The van der Waals surface area contributed by atoms with E-state index in [9.17, 15) is 14.4 Å². The average Bonchev–Trinajstić information content (AvgIpc) is 2.94. The molecule has 1 heterocycles. The molecule has 0 bridgehead atoms. The number of imide groups is 1. The molecule has 7 heteroatoms.